The minimum absolute atomic E-state index is 0.126. The quantitative estimate of drug-likeness (QED) is 0.756. The van der Waals surface area contributed by atoms with E-state index in [1.54, 1.807) is 41.5 Å². The van der Waals surface area contributed by atoms with E-state index in [1.165, 1.54) is 0 Å². The number of hydrogen-bond acceptors (Lipinski definition) is 5. The van der Waals surface area contributed by atoms with Crippen LogP contribution in [-0.4, -0.2) is 46.7 Å². The monoisotopic (exact) mass is 290 g/mol. The molecule has 2 amide bonds. The number of hydrazine groups is 1. The normalized spacial score (nSPS) is 11.4. The van der Waals surface area contributed by atoms with Crippen LogP contribution < -0.4 is 5.43 Å². The van der Waals surface area contributed by atoms with Gasteiger partial charge in [0.2, 0.25) is 0 Å². The summed E-state index contributed by atoms with van der Waals surface area (Å²) in [5, 5.41) is 10.1. The van der Waals surface area contributed by atoms with Crippen molar-refractivity contribution in [2.24, 2.45) is 0 Å². The van der Waals surface area contributed by atoms with Crippen molar-refractivity contribution >= 4 is 12.2 Å². The predicted octanol–water partition coefficient (Wildman–Crippen LogP) is 2.04. The first-order valence-corrected chi connectivity index (χ1v) is 6.69. The molecule has 0 spiro atoms. The molecule has 0 aliphatic rings. The molecule has 0 heterocycles. The summed E-state index contributed by atoms with van der Waals surface area (Å²) in [7, 11) is 0. The van der Waals surface area contributed by atoms with E-state index in [-0.39, 0.29) is 25.2 Å². The number of aliphatic hydroxyl groups excluding tert-OH is 1. The van der Waals surface area contributed by atoms with E-state index in [9.17, 15) is 9.59 Å². The number of rotatable bonds is 5. The van der Waals surface area contributed by atoms with E-state index in [0.717, 1.165) is 5.01 Å². The summed E-state index contributed by atoms with van der Waals surface area (Å²) in [5.41, 5.74) is 1.56. The first-order chi connectivity index (χ1) is 9.10. The SMILES string of the molecule is CC(C)OC(=O)NN(C(=O)OC(C)C)C(C)(C)CCO. The van der Waals surface area contributed by atoms with Gasteiger partial charge in [0.25, 0.3) is 0 Å². The summed E-state index contributed by atoms with van der Waals surface area (Å²) in [6.07, 6.45) is -1.79. The van der Waals surface area contributed by atoms with Gasteiger partial charge in [0.15, 0.2) is 0 Å². The van der Waals surface area contributed by atoms with E-state index in [1.807, 2.05) is 0 Å². The van der Waals surface area contributed by atoms with Gasteiger partial charge < -0.3 is 14.6 Å². The second kappa shape index (κ2) is 7.94. The van der Waals surface area contributed by atoms with Gasteiger partial charge >= 0.3 is 12.2 Å². The van der Waals surface area contributed by atoms with Crippen molar-refractivity contribution in [3.05, 3.63) is 0 Å². The first-order valence-electron chi connectivity index (χ1n) is 6.69. The molecule has 0 fully saturated rings. The fourth-order valence-corrected chi connectivity index (χ4v) is 1.42. The molecule has 0 aliphatic heterocycles. The van der Waals surface area contributed by atoms with Gasteiger partial charge in [0.1, 0.15) is 0 Å². The molecule has 7 heteroatoms. The predicted molar refractivity (Wildman–Crippen MR) is 74.0 cm³/mol. The molecule has 0 bridgehead atoms. The van der Waals surface area contributed by atoms with Gasteiger partial charge in [-0.3, -0.25) is 0 Å². The smallest absolute Gasteiger partial charge is 0.429 e. The van der Waals surface area contributed by atoms with Gasteiger partial charge in [-0.2, -0.15) is 0 Å². The molecule has 0 saturated carbocycles. The number of carbonyl (C=O) groups is 2. The molecule has 7 nitrogen and oxygen atoms in total. The van der Waals surface area contributed by atoms with Crippen LogP contribution in [0.25, 0.3) is 0 Å². The van der Waals surface area contributed by atoms with E-state index in [2.05, 4.69) is 5.43 Å². The molecular formula is C13H26N2O5. The maximum Gasteiger partial charge on any atom is 0.429 e. The summed E-state index contributed by atoms with van der Waals surface area (Å²) in [5.74, 6) is 0. The average Bonchev–Trinajstić information content (AvgIpc) is 2.23. The lowest BCUT2D eigenvalue weighted by Crippen LogP contribution is -2.58. The molecule has 0 aliphatic carbocycles. The van der Waals surface area contributed by atoms with Gasteiger partial charge in [-0.05, 0) is 48.0 Å². The molecular weight excluding hydrogens is 264 g/mol. The van der Waals surface area contributed by atoms with Crippen LogP contribution in [0.1, 0.15) is 48.0 Å². The highest BCUT2D eigenvalue weighted by Gasteiger charge is 2.34. The van der Waals surface area contributed by atoms with Gasteiger partial charge in [-0.25, -0.2) is 20.0 Å². The third kappa shape index (κ3) is 6.60. The minimum Gasteiger partial charge on any atom is -0.446 e. The second-order valence-corrected chi connectivity index (χ2v) is 5.62. The van der Waals surface area contributed by atoms with Crippen molar-refractivity contribution in [2.45, 2.75) is 65.7 Å². The molecule has 0 rings (SSSR count). The van der Waals surface area contributed by atoms with Crippen molar-refractivity contribution in [2.75, 3.05) is 6.61 Å². The Balaban J connectivity index is 4.96. The van der Waals surface area contributed by atoms with Gasteiger partial charge in [-0.15, -0.1) is 0 Å². The van der Waals surface area contributed by atoms with Crippen LogP contribution in [0.5, 0.6) is 0 Å². The van der Waals surface area contributed by atoms with Crippen molar-refractivity contribution in [3.63, 3.8) is 0 Å². The number of ether oxygens (including phenoxy) is 2. The van der Waals surface area contributed by atoms with Crippen LogP contribution in [0.15, 0.2) is 0 Å². The third-order valence-electron chi connectivity index (χ3n) is 2.39. The van der Waals surface area contributed by atoms with E-state index >= 15 is 0 Å². The molecule has 0 aromatic carbocycles. The molecule has 0 aromatic rings. The fraction of sp³-hybridized carbons (Fsp3) is 0.846. The van der Waals surface area contributed by atoms with Crippen LogP contribution in [0.4, 0.5) is 9.59 Å². The molecule has 2 N–H and O–H groups in total. The Labute approximate surface area is 120 Å². The van der Waals surface area contributed by atoms with Gasteiger partial charge in [0.05, 0.1) is 17.7 Å². The van der Waals surface area contributed by atoms with Gasteiger partial charge in [-0.1, -0.05) is 0 Å². The lowest BCUT2D eigenvalue weighted by molar-refractivity contribution is 0.00274. The Kier molecular flexibility index (Phi) is 7.34. The Morgan fingerprint density at radius 2 is 1.65 bits per heavy atom. The number of nitrogens with zero attached hydrogens (tertiary/aromatic N) is 1. The van der Waals surface area contributed by atoms with Crippen LogP contribution in [-0.2, 0) is 9.47 Å². The van der Waals surface area contributed by atoms with Crippen molar-refractivity contribution < 1.29 is 24.2 Å². The highest BCUT2D eigenvalue weighted by molar-refractivity contribution is 5.74. The van der Waals surface area contributed by atoms with E-state index in [0.29, 0.717) is 0 Å². The fourth-order valence-electron chi connectivity index (χ4n) is 1.42. The third-order valence-corrected chi connectivity index (χ3v) is 2.39. The summed E-state index contributed by atoms with van der Waals surface area (Å²) in [6.45, 7) is 10.1. The highest BCUT2D eigenvalue weighted by Crippen LogP contribution is 2.18. The summed E-state index contributed by atoms with van der Waals surface area (Å²) in [6, 6.07) is 0. The highest BCUT2D eigenvalue weighted by atomic mass is 16.6. The molecule has 20 heavy (non-hydrogen) atoms. The minimum atomic E-state index is -0.809. The maximum atomic E-state index is 12.0. The van der Waals surface area contributed by atoms with Crippen molar-refractivity contribution in [3.8, 4) is 0 Å². The largest absolute Gasteiger partial charge is 0.446 e. The van der Waals surface area contributed by atoms with Crippen LogP contribution >= 0.6 is 0 Å². The average molecular weight is 290 g/mol. The topological polar surface area (TPSA) is 88.1 Å². The molecule has 0 saturated heterocycles. The zero-order chi connectivity index (χ0) is 15.9. The van der Waals surface area contributed by atoms with E-state index < -0.39 is 17.7 Å². The standard InChI is InChI=1S/C13H26N2O5/c1-9(2)19-11(17)14-15(12(18)20-10(3)4)13(5,6)7-8-16/h9-10,16H,7-8H2,1-6H3,(H,14,17). The Hall–Kier alpha value is -1.50. The lowest BCUT2D eigenvalue weighted by Gasteiger charge is -2.37. The number of aliphatic hydroxyl groups is 1. The number of amides is 2. The van der Waals surface area contributed by atoms with Crippen LogP contribution in [0.3, 0.4) is 0 Å². The Bertz CT molecular complexity index is 329. The maximum absolute atomic E-state index is 12.0. The number of hydrogen-bond donors (Lipinski definition) is 2. The number of nitrogens with one attached hydrogen (secondary N) is 1. The summed E-state index contributed by atoms with van der Waals surface area (Å²) in [4.78, 5) is 23.7. The van der Waals surface area contributed by atoms with E-state index in [4.69, 9.17) is 14.6 Å². The molecule has 0 unspecified atom stereocenters. The Morgan fingerprint density at radius 3 is 2.05 bits per heavy atom. The lowest BCUT2D eigenvalue weighted by atomic mass is 10.0. The Morgan fingerprint density at radius 1 is 1.15 bits per heavy atom. The molecule has 118 valence electrons. The van der Waals surface area contributed by atoms with Gasteiger partial charge in [0, 0.05) is 6.61 Å². The van der Waals surface area contributed by atoms with Crippen molar-refractivity contribution in [1.82, 2.24) is 10.4 Å². The van der Waals surface area contributed by atoms with Crippen LogP contribution in [0, 0.1) is 0 Å². The summed E-state index contributed by atoms with van der Waals surface area (Å²) < 4.78 is 10.0. The van der Waals surface area contributed by atoms with Crippen LogP contribution in [0.2, 0.25) is 0 Å². The zero-order valence-electron chi connectivity index (χ0n) is 13.1. The molecule has 0 aromatic heterocycles. The molecule has 0 atom stereocenters. The van der Waals surface area contributed by atoms with Crippen molar-refractivity contribution in [1.29, 1.82) is 0 Å². The molecule has 0 radical (unpaired) electrons. The zero-order valence-corrected chi connectivity index (χ0v) is 13.1. The second-order valence-electron chi connectivity index (χ2n) is 5.62. The number of carbonyl (C=O) groups excluding carboxylic acids is 2. The summed E-state index contributed by atoms with van der Waals surface area (Å²) >= 11 is 0. The first kappa shape index (κ1) is 18.5.